The Balaban J connectivity index is 0.00000200. The number of nitrogens with zero attached hydrogens (tertiary/aromatic N) is 1. The number of rotatable bonds is 4. The molecule has 1 aliphatic heterocycles. The minimum Gasteiger partial charge on any atom is -0.314 e. The maximum absolute atomic E-state index is 13.8. The van der Waals surface area contributed by atoms with Crippen LogP contribution in [0.5, 0.6) is 0 Å². The summed E-state index contributed by atoms with van der Waals surface area (Å²) < 4.78 is 13.8. The first-order valence-electron chi connectivity index (χ1n) is 7.34. The van der Waals surface area contributed by atoms with Crippen LogP contribution in [-0.2, 0) is 0 Å². The van der Waals surface area contributed by atoms with Gasteiger partial charge in [-0.3, -0.25) is 4.90 Å². The lowest BCUT2D eigenvalue weighted by molar-refractivity contribution is 0.128. The quantitative estimate of drug-likeness (QED) is 0.894. The highest BCUT2D eigenvalue weighted by Crippen LogP contribution is 2.31. The molecule has 0 radical (unpaired) electrons. The fourth-order valence-electron chi connectivity index (χ4n) is 2.88. The predicted molar refractivity (Wildman–Crippen MR) is 92.3 cm³/mol. The van der Waals surface area contributed by atoms with E-state index in [2.05, 4.69) is 30.1 Å². The van der Waals surface area contributed by atoms with Gasteiger partial charge < -0.3 is 5.32 Å². The van der Waals surface area contributed by atoms with Crippen molar-refractivity contribution in [3.63, 3.8) is 0 Å². The Bertz CT molecular complexity index is 423. The summed E-state index contributed by atoms with van der Waals surface area (Å²) in [5, 5.41) is 3.38. The molecule has 2 nitrogen and oxygen atoms in total. The molecule has 21 heavy (non-hydrogen) atoms. The Hall–Kier alpha value is -0.350. The molecule has 0 saturated carbocycles. The van der Waals surface area contributed by atoms with Crippen LogP contribution in [0.2, 0.25) is 0 Å². The molecule has 2 rings (SSSR count). The topological polar surface area (TPSA) is 15.3 Å². The number of halogens is 3. The number of piperazine rings is 1. The van der Waals surface area contributed by atoms with E-state index in [0.717, 1.165) is 43.7 Å². The third-order valence-corrected chi connectivity index (χ3v) is 4.27. The third-order valence-electron chi connectivity index (χ3n) is 4.27. The molecule has 0 amide bonds. The smallest absolute Gasteiger partial charge is 0.126 e. The maximum atomic E-state index is 13.8. The van der Waals surface area contributed by atoms with Gasteiger partial charge in [0.15, 0.2) is 0 Å². The minimum absolute atomic E-state index is 0. The second-order valence-corrected chi connectivity index (χ2v) is 5.62. The first-order valence-corrected chi connectivity index (χ1v) is 7.34. The van der Waals surface area contributed by atoms with Crippen LogP contribution >= 0.6 is 24.8 Å². The molecule has 0 spiro atoms. The molecule has 1 unspecified atom stereocenters. The Morgan fingerprint density at radius 2 is 1.86 bits per heavy atom. The van der Waals surface area contributed by atoms with Gasteiger partial charge >= 0.3 is 0 Å². The van der Waals surface area contributed by atoms with Crippen LogP contribution in [0.4, 0.5) is 4.39 Å². The Labute approximate surface area is 140 Å². The van der Waals surface area contributed by atoms with E-state index >= 15 is 0 Å². The molecule has 1 aromatic carbocycles. The van der Waals surface area contributed by atoms with E-state index in [1.165, 1.54) is 0 Å². The lowest BCUT2D eigenvalue weighted by Gasteiger charge is -2.38. The second kappa shape index (κ2) is 9.62. The van der Waals surface area contributed by atoms with Crippen LogP contribution in [0, 0.1) is 18.7 Å². The Morgan fingerprint density at radius 1 is 1.24 bits per heavy atom. The van der Waals surface area contributed by atoms with Crippen LogP contribution in [-0.4, -0.2) is 31.1 Å². The molecule has 1 N–H and O–H groups in total. The van der Waals surface area contributed by atoms with Crippen molar-refractivity contribution >= 4 is 24.8 Å². The zero-order valence-corrected chi connectivity index (χ0v) is 14.7. The van der Waals surface area contributed by atoms with Gasteiger partial charge in [0.05, 0.1) is 0 Å². The van der Waals surface area contributed by atoms with Crippen molar-refractivity contribution in [2.45, 2.75) is 33.2 Å². The molecule has 0 aliphatic carbocycles. The van der Waals surface area contributed by atoms with Gasteiger partial charge in [0, 0.05) is 32.2 Å². The van der Waals surface area contributed by atoms with Crippen LogP contribution < -0.4 is 5.32 Å². The molecule has 1 aliphatic rings. The highest BCUT2D eigenvalue weighted by atomic mass is 35.5. The first-order chi connectivity index (χ1) is 9.13. The Morgan fingerprint density at radius 3 is 2.38 bits per heavy atom. The third kappa shape index (κ3) is 5.10. The van der Waals surface area contributed by atoms with Crippen molar-refractivity contribution in [2.75, 3.05) is 26.2 Å². The van der Waals surface area contributed by atoms with Crippen molar-refractivity contribution in [2.24, 2.45) is 5.92 Å². The van der Waals surface area contributed by atoms with Crippen LogP contribution in [0.3, 0.4) is 0 Å². The molecule has 1 aromatic rings. The van der Waals surface area contributed by atoms with Gasteiger partial charge in [-0.1, -0.05) is 32.4 Å². The number of benzene rings is 1. The molecular weight excluding hydrogens is 310 g/mol. The highest BCUT2D eigenvalue weighted by Gasteiger charge is 2.26. The number of hydrogen-bond acceptors (Lipinski definition) is 2. The van der Waals surface area contributed by atoms with Crippen molar-refractivity contribution < 1.29 is 4.39 Å². The molecule has 2 atom stereocenters. The van der Waals surface area contributed by atoms with E-state index in [1.807, 2.05) is 13.0 Å². The zero-order valence-electron chi connectivity index (χ0n) is 13.1. The molecule has 0 bridgehead atoms. The maximum Gasteiger partial charge on any atom is 0.126 e. The summed E-state index contributed by atoms with van der Waals surface area (Å²) in [6.07, 6.45) is 1.12. The largest absolute Gasteiger partial charge is 0.314 e. The fraction of sp³-hybridized carbons (Fsp3) is 0.625. The summed E-state index contributed by atoms with van der Waals surface area (Å²) in [5.41, 5.74) is 1.85. The minimum atomic E-state index is -0.0825. The molecule has 1 fully saturated rings. The molecule has 0 aromatic heterocycles. The van der Waals surface area contributed by atoms with Gasteiger partial charge in [-0.15, -0.1) is 24.8 Å². The lowest BCUT2D eigenvalue weighted by Crippen LogP contribution is -2.46. The van der Waals surface area contributed by atoms with Crippen molar-refractivity contribution in [3.8, 4) is 0 Å². The molecule has 122 valence electrons. The predicted octanol–water partition coefficient (Wildman–Crippen LogP) is 3.97. The monoisotopic (exact) mass is 336 g/mol. The van der Waals surface area contributed by atoms with Crippen molar-refractivity contribution in [1.82, 2.24) is 10.2 Å². The molecular formula is C16H27Cl2FN2. The molecule has 1 heterocycles. The number of hydrogen-bond donors (Lipinski definition) is 1. The van der Waals surface area contributed by atoms with E-state index in [4.69, 9.17) is 0 Å². The van der Waals surface area contributed by atoms with Crippen molar-refractivity contribution in [3.05, 3.63) is 35.1 Å². The summed E-state index contributed by atoms with van der Waals surface area (Å²) in [6.45, 7) is 10.5. The van der Waals surface area contributed by atoms with Crippen LogP contribution in [0.1, 0.15) is 37.4 Å². The SMILES string of the molecule is CCC(C)[C@@H](c1ccc(C)c(F)c1)N1CCNCC1.Cl.Cl. The van der Waals surface area contributed by atoms with Gasteiger partial charge in [-0.25, -0.2) is 4.39 Å². The van der Waals surface area contributed by atoms with E-state index in [0.29, 0.717) is 12.0 Å². The van der Waals surface area contributed by atoms with E-state index < -0.39 is 0 Å². The first kappa shape index (κ1) is 20.6. The average molecular weight is 337 g/mol. The summed E-state index contributed by atoms with van der Waals surface area (Å²) in [6, 6.07) is 6.07. The van der Waals surface area contributed by atoms with Gasteiger partial charge in [0.25, 0.3) is 0 Å². The van der Waals surface area contributed by atoms with Gasteiger partial charge in [-0.2, -0.15) is 0 Å². The normalized spacial score (nSPS) is 18.3. The van der Waals surface area contributed by atoms with E-state index in [-0.39, 0.29) is 30.6 Å². The van der Waals surface area contributed by atoms with Gasteiger partial charge in [0.1, 0.15) is 5.82 Å². The second-order valence-electron chi connectivity index (χ2n) is 5.62. The Kier molecular flexibility index (Phi) is 9.46. The zero-order chi connectivity index (χ0) is 13.8. The number of nitrogens with one attached hydrogen (secondary N) is 1. The number of aryl methyl sites for hydroxylation is 1. The summed E-state index contributed by atoms with van der Waals surface area (Å²) in [4.78, 5) is 2.49. The lowest BCUT2D eigenvalue weighted by atomic mass is 9.90. The fourth-order valence-corrected chi connectivity index (χ4v) is 2.88. The van der Waals surface area contributed by atoms with Crippen LogP contribution in [0.15, 0.2) is 18.2 Å². The van der Waals surface area contributed by atoms with Crippen molar-refractivity contribution in [1.29, 1.82) is 0 Å². The summed E-state index contributed by atoms with van der Waals surface area (Å²) in [7, 11) is 0. The molecule has 1 saturated heterocycles. The standard InChI is InChI=1S/C16H25FN2.2ClH/c1-4-12(2)16(19-9-7-18-8-10-19)14-6-5-13(3)15(17)11-14;;/h5-6,11-12,16,18H,4,7-10H2,1-3H3;2*1H/t12?,16-;;/m0../s1. The summed E-state index contributed by atoms with van der Waals surface area (Å²) >= 11 is 0. The van der Waals surface area contributed by atoms with E-state index in [1.54, 1.807) is 6.07 Å². The van der Waals surface area contributed by atoms with E-state index in [9.17, 15) is 4.39 Å². The van der Waals surface area contributed by atoms with Gasteiger partial charge in [0.2, 0.25) is 0 Å². The highest BCUT2D eigenvalue weighted by molar-refractivity contribution is 5.85. The average Bonchev–Trinajstić information content (AvgIpc) is 2.44. The van der Waals surface area contributed by atoms with Gasteiger partial charge in [-0.05, 0) is 30.0 Å². The molecule has 5 heteroatoms. The van der Waals surface area contributed by atoms with Crippen LogP contribution in [0.25, 0.3) is 0 Å². The summed E-state index contributed by atoms with van der Waals surface area (Å²) in [5.74, 6) is 0.459.